The van der Waals surface area contributed by atoms with Gasteiger partial charge >= 0.3 is 6.18 Å². The fourth-order valence-electron chi connectivity index (χ4n) is 4.65. The molecule has 33 heavy (non-hydrogen) atoms. The molecule has 4 heterocycles. The Kier molecular flexibility index (Phi) is 4.64. The number of nitrogens with zero attached hydrogens (tertiary/aromatic N) is 2. The molecule has 0 saturated heterocycles. The fourth-order valence-corrected chi connectivity index (χ4v) is 4.89. The molecule has 6 rings (SSSR count). The topological polar surface area (TPSA) is 60.2 Å². The van der Waals surface area contributed by atoms with E-state index in [1.807, 2.05) is 6.07 Å². The Balaban J connectivity index is 1.44. The van der Waals surface area contributed by atoms with Crippen LogP contribution in [0.5, 0.6) is 5.75 Å². The largest absolute Gasteiger partial charge is 0.481 e. The van der Waals surface area contributed by atoms with E-state index in [-0.39, 0.29) is 11.6 Å². The zero-order valence-electron chi connectivity index (χ0n) is 17.2. The summed E-state index contributed by atoms with van der Waals surface area (Å²) in [4.78, 5) is 4.16. The van der Waals surface area contributed by atoms with Crippen LogP contribution in [0, 0.1) is 0 Å². The summed E-state index contributed by atoms with van der Waals surface area (Å²) in [5.74, 6) is 1.34. The lowest BCUT2D eigenvalue weighted by molar-refractivity contribution is -0.137. The van der Waals surface area contributed by atoms with Crippen LogP contribution in [-0.4, -0.2) is 16.7 Å². The molecule has 168 valence electrons. The first kappa shape index (κ1) is 20.5. The number of nitrogens with one attached hydrogen (secondary N) is 1. The Hall–Kier alpha value is -3.10. The molecule has 0 saturated carbocycles. The lowest BCUT2D eigenvalue weighted by Gasteiger charge is -2.15. The second-order valence-corrected chi connectivity index (χ2v) is 8.68. The quantitative estimate of drug-likeness (QED) is 0.395. The number of benzene rings is 2. The lowest BCUT2D eigenvalue weighted by atomic mass is 9.96. The van der Waals surface area contributed by atoms with Crippen LogP contribution in [0.25, 0.3) is 22.0 Å². The highest BCUT2D eigenvalue weighted by atomic mass is 35.5. The van der Waals surface area contributed by atoms with Crippen molar-refractivity contribution in [2.24, 2.45) is 0 Å². The third-order valence-corrected chi connectivity index (χ3v) is 6.41. The summed E-state index contributed by atoms with van der Waals surface area (Å²) >= 11 is 6.44. The van der Waals surface area contributed by atoms with Gasteiger partial charge in [0.1, 0.15) is 5.75 Å². The highest BCUT2D eigenvalue weighted by Gasteiger charge is 2.35. The summed E-state index contributed by atoms with van der Waals surface area (Å²) in [5, 5.41) is 8.65. The van der Waals surface area contributed by atoms with Gasteiger partial charge in [-0.25, -0.2) is 0 Å². The minimum absolute atomic E-state index is 0.251. The zero-order chi connectivity index (χ0) is 22.7. The fraction of sp³-hybridized carbons (Fsp3) is 0.250. The molecule has 0 radical (unpaired) electrons. The number of alkyl halides is 3. The van der Waals surface area contributed by atoms with E-state index in [9.17, 15) is 13.2 Å². The van der Waals surface area contributed by atoms with Crippen molar-refractivity contribution in [3.63, 3.8) is 0 Å². The van der Waals surface area contributed by atoms with Crippen LogP contribution < -0.4 is 10.1 Å². The smallest absolute Gasteiger partial charge is 0.416 e. The molecule has 2 aliphatic heterocycles. The Morgan fingerprint density at radius 2 is 1.97 bits per heavy atom. The second kappa shape index (κ2) is 7.46. The van der Waals surface area contributed by atoms with Gasteiger partial charge in [-0.3, -0.25) is 4.98 Å². The monoisotopic (exact) mass is 471 g/mol. The summed E-state index contributed by atoms with van der Waals surface area (Å²) in [6, 6.07) is 8.95. The van der Waals surface area contributed by atoms with Crippen molar-refractivity contribution >= 4 is 22.5 Å². The molecule has 0 amide bonds. The molecule has 5 nitrogen and oxygen atoms in total. The molecule has 0 bridgehead atoms. The van der Waals surface area contributed by atoms with Gasteiger partial charge in [0.2, 0.25) is 0 Å². The molecule has 0 unspecified atom stereocenters. The summed E-state index contributed by atoms with van der Waals surface area (Å²) < 4.78 is 51.6. The van der Waals surface area contributed by atoms with Crippen LogP contribution in [-0.2, 0) is 25.6 Å². The summed E-state index contributed by atoms with van der Waals surface area (Å²) in [5.41, 5.74) is 3.81. The Morgan fingerprint density at radius 1 is 1.09 bits per heavy atom. The minimum Gasteiger partial charge on any atom is -0.481 e. The van der Waals surface area contributed by atoms with E-state index in [0.29, 0.717) is 46.0 Å². The van der Waals surface area contributed by atoms with Crippen LogP contribution in [0.2, 0.25) is 5.02 Å². The van der Waals surface area contributed by atoms with E-state index in [0.717, 1.165) is 41.9 Å². The number of hydrogen-bond donors (Lipinski definition) is 1. The molecule has 0 aliphatic carbocycles. The predicted molar refractivity (Wildman–Crippen MR) is 116 cm³/mol. The SMILES string of the molecule is FC(F)(F)c1ccc2c(-c3cc(Cl)cc4c3O[C@@H](c3onc5c3CNCC5)C4)ccnc2c1. The number of halogens is 4. The van der Waals surface area contributed by atoms with E-state index in [2.05, 4.69) is 15.5 Å². The van der Waals surface area contributed by atoms with Gasteiger partial charge < -0.3 is 14.6 Å². The Bertz CT molecular complexity index is 1400. The van der Waals surface area contributed by atoms with Crippen molar-refractivity contribution < 1.29 is 22.4 Å². The van der Waals surface area contributed by atoms with Crippen LogP contribution in [0.1, 0.15) is 34.2 Å². The van der Waals surface area contributed by atoms with Crippen LogP contribution in [0.15, 0.2) is 47.1 Å². The predicted octanol–water partition coefficient (Wildman–Crippen LogP) is 5.88. The number of aromatic nitrogens is 2. The van der Waals surface area contributed by atoms with Gasteiger partial charge in [0.05, 0.1) is 16.8 Å². The Morgan fingerprint density at radius 3 is 2.82 bits per heavy atom. The maximum Gasteiger partial charge on any atom is 0.416 e. The molecule has 2 aromatic carbocycles. The van der Waals surface area contributed by atoms with Gasteiger partial charge in [-0.2, -0.15) is 13.2 Å². The van der Waals surface area contributed by atoms with Crippen LogP contribution >= 0.6 is 11.6 Å². The molecule has 1 N–H and O–H groups in total. The summed E-state index contributed by atoms with van der Waals surface area (Å²) in [6.45, 7) is 1.53. The van der Waals surface area contributed by atoms with E-state index in [4.69, 9.17) is 20.9 Å². The second-order valence-electron chi connectivity index (χ2n) is 8.24. The molecule has 0 spiro atoms. The lowest BCUT2D eigenvalue weighted by Crippen LogP contribution is -2.24. The molecule has 2 aliphatic rings. The molecule has 9 heteroatoms. The molecule has 4 aromatic rings. The highest BCUT2D eigenvalue weighted by Crippen LogP contribution is 2.47. The number of hydrogen-bond acceptors (Lipinski definition) is 5. The number of fused-ring (bicyclic) bond motifs is 3. The maximum atomic E-state index is 13.2. The van der Waals surface area contributed by atoms with E-state index < -0.39 is 11.7 Å². The van der Waals surface area contributed by atoms with Crippen LogP contribution in [0.3, 0.4) is 0 Å². The van der Waals surface area contributed by atoms with Crippen molar-refractivity contribution in [1.29, 1.82) is 0 Å². The number of rotatable bonds is 2. The van der Waals surface area contributed by atoms with Gasteiger partial charge in [-0.1, -0.05) is 22.8 Å². The summed E-state index contributed by atoms with van der Waals surface area (Å²) in [6.07, 6.45) is -1.93. The van der Waals surface area contributed by atoms with E-state index >= 15 is 0 Å². The number of ether oxygens (including phenoxy) is 1. The van der Waals surface area contributed by atoms with Crippen molar-refractivity contribution in [3.8, 4) is 16.9 Å². The molecule has 0 fully saturated rings. The third-order valence-electron chi connectivity index (χ3n) is 6.19. The minimum atomic E-state index is -4.44. The first-order chi connectivity index (χ1) is 15.9. The molecular weight excluding hydrogens is 455 g/mol. The standard InChI is InChI=1S/C24H17ClF3N3O2/c25-14-7-12-8-21(23-18-11-29-5-4-19(18)31-33-23)32-22(12)17(10-14)15-3-6-30-20-9-13(24(26,27)28)1-2-16(15)20/h1-3,6-7,9-10,21,29H,4-5,8,11H2/t21-/m1/s1. The van der Waals surface area contributed by atoms with Crippen molar-refractivity contribution in [3.05, 3.63) is 75.8 Å². The van der Waals surface area contributed by atoms with Crippen molar-refractivity contribution in [2.45, 2.75) is 31.7 Å². The van der Waals surface area contributed by atoms with Gasteiger partial charge in [0.25, 0.3) is 0 Å². The first-order valence-corrected chi connectivity index (χ1v) is 10.9. The average Bonchev–Trinajstić information content (AvgIpc) is 3.41. The van der Waals surface area contributed by atoms with Crippen molar-refractivity contribution in [2.75, 3.05) is 6.54 Å². The average molecular weight is 472 g/mol. The van der Waals surface area contributed by atoms with E-state index in [1.165, 1.54) is 12.3 Å². The zero-order valence-corrected chi connectivity index (χ0v) is 17.9. The third kappa shape index (κ3) is 3.45. The number of pyridine rings is 1. The first-order valence-electron chi connectivity index (χ1n) is 10.5. The Labute approximate surface area is 191 Å². The molecule has 1 atom stereocenters. The maximum absolute atomic E-state index is 13.2. The van der Waals surface area contributed by atoms with Crippen LogP contribution in [0.4, 0.5) is 13.2 Å². The summed E-state index contributed by atoms with van der Waals surface area (Å²) in [7, 11) is 0. The van der Waals surface area contributed by atoms with Gasteiger partial charge in [0.15, 0.2) is 11.9 Å². The van der Waals surface area contributed by atoms with Gasteiger partial charge in [-0.05, 0) is 35.9 Å². The van der Waals surface area contributed by atoms with Gasteiger partial charge in [0, 0.05) is 59.2 Å². The van der Waals surface area contributed by atoms with Gasteiger partial charge in [-0.15, -0.1) is 0 Å². The molecule has 2 aromatic heterocycles. The van der Waals surface area contributed by atoms with E-state index in [1.54, 1.807) is 12.1 Å². The molecular formula is C24H17ClF3N3O2. The highest BCUT2D eigenvalue weighted by molar-refractivity contribution is 6.31. The van der Waals surface area contributed by atoms with Crippen molar-refractivity contribution in [1.82, 2.24) is 15.5 Å². The normalized spacial score (nSPS) is 17.6.